The first-order valence-corrected chi connectivity index (χ1v) is 9.11. The quantitative estimate of drug-likeness (QED) is 0.367. The molecule has 0 saturated heterocycles. The first-order chi connectivity index (χ1) is 13.0. The van der Waals surface area contributed by atoms with E-state index in [0.29, 0.717) is 16.7 Å². The van der Waals surface area contributed by atoms with E-state index in [1.807, 2.05) is 18.2 Å². The van der Waals surface area contributed by atoms with Gasteiger partial charge in [0.15, 0.2) is 11.6 Å². The largest absolute Gasteiger partial charge is 0.292 e. The Labute approximate surface area is 166 Å². The van der Waals surface area contributed by atoms with Gasteiger partial charge in [-0.15, -0.1) is 23.2 Å². The smallest absolute Gasteiger partial charge is 0.185 e. The normalized spacial score (nSPS) is 13.0. The van der Waals surface area contributed by atoms with Crippen molar-refractivity contribution in [3.8, 4) is 0 Å². The molecule has 0 saturated carbocycles. The van der Waals surface area contributed by atoms with Crippen molar-refractivity contribution in [2.24, 2.45) is 0 Å². The zero-order valence-electron chi connectivity index (χ0n) is 14.1. The lowest BCUT2D eigenvalue weighted by atomic mass is 9.98. The molecule has 0 bridgehead atoms. The van der Waals surface area contributed by atoms with Crippen LogP contribution < -0.4 is 0 Å². The summed E-state index contributed by atoms with van der Waals surface area (Å²) in [5.41, 5.74) is 2.02. The number of hydrogen-bond acceptors (Lipinski definition) is 2. The highest BCUT2D eigenvalue weighted by atomic mass is 35.5. The van der Waals surface area contributed by atoms with Crippen molar-refractivity contribution in [2.45, 2.75) is 10.8 Å². The summed E-state index contributed by atoms with van der Waals surface area (Å²) < 4.78 is 13.0. The van der Waals surface area contributed by atoms with Gasteiger partial charge in [-0.2, -0.15) is 0 Å². The summed E-state index contributed by atoms with van der Waals surface area (Å²) >= 11 is 12.5. The molecular formula is C22H15Cl2FO2. The Hall–Kier alpha value is -2.49. The highest BCUT2D eigenvalue weighted by Crippen LogP contribution is 2.28. The molecule has 0 fully saturated rings. The summed E-state index contributed by atoms with van der Waals surface area (Å²) in [6.07, 6.45) is 0. The lowest BCUT2D eigenvalue weighted by molar-refractivity contribution is 0.0981. The molecule has 0 aliphatic rings. The average molecular weight is 401 g/mol. The van der Waals surface area contributed by atoms with E-state index < -0.39 is 16.6 Å². The van der Waals surface area contributed by atoms with Crippen LogP contribution in [0.4, 0.5) is 4.39 Å². The predicted octanol–water partition coefficient (Wildman–Crippen LogP) is 6.15. The number of carbonyl (C=O) groups is 2. The third-order valence-corrected chi connectivity index (χ3v) is 5.07. The number of ketones is 2. The fraction of sp³-hybridized carbons (Fsp3) is 0.0909. The second-order valence-corrected chi connectivity index (χ2v) is 6.87. The maximum atomic E-state index is 13.0. The molecule has 27 heavy (non-hydrogen) atoms. The van der Waals surface area contributed by atoms with E-state index in [2.05, 4.69) is 0 Å². The molecule has 0 N–H and O–H groups in total. The lowest BCUT2D eigenvalue weighted by Gasteiger charge is -2.12. The van der Waals surface area contributed by atoms with Gasteiger partial charge in [0.1, 0.15) is 16.6 Å². The van der Waals surface area contributed by atoms with Crippen LogP contribution >= 0.6 is 23.2 Å². The van der Waals surface area contributed by atoms with Gasteiger partial charge in [-0.1, -0.05) is 54.6 Å². The molecule has 3 aromatic carbocycles. The standard InChI is InChI=1S/C22H15Cl2FO2/c23-19(14-4-2-1-3-5-14)21(26)16-8-6-15(7-9-16)20(24)22(27)17-10-12-18(25)13-11-17/h1-13,19-20H. The van der Waals surface area contributed by atoms with Gasteiger partial charge in [0.05, 0.1) is 0 Å². The molecule has 0 spiro atoms. The number of Topliss-reactive ketones (excluding diaryl/α,β-unsaturated/α-hetero) is 2. The monoisotopic (exact) mass is 400 g/mol. The van der Waals surface area contributed by atoms with E-state index in [-0.39, 0.29) is 11.6 Å². The maximum Gasteiger partial charge on any atom is 0.185 e. The van der Waals surface area contributed by atoms with Crippen molar-refractivity contribution in [1.82, 2.24) is 0 Å². The second kappa shape index (κ2) is 8.47. The maximum absolute atomic E-state index is 13.0. The highest BCUT2D eigenvalue weighted by Gasteiger charge is 2.22. The molecule has 0 amide bonds. The van der Waals surface area contributed by atoms with Crippen LogP contribution in [-0.4, -0.2) is 11.6 Å². The van der Waals surface area contributed by atoms with Gasteiger partial charge in [-0.05, 0) is 35.4 Å². The molecule has 3 rings (SSSR count). The van der Waals surface area contributed by atoms with Crippen molar-refractivity contribution in [2.75, 3.05) is 0 Å². The summed E-state index contributed by atoms with van der Waals surface area (Å²) in [5.74, 6) is -0.991. The molecule has 5 heteroatoms. The van der Waals surface area contributed by atoms with Crippen LogP contribution in [0.3, 0.4) is 0 Å². The summed E-state index contributed by atoms with van der Waals surface area (Å²) in [7, 11) is 0. The Bertz CT molecular complexity index is 938. The fourth-order valence-corrected chi connectivity index (χ4v) is 3.19. The van der Waals surface area contributed by atoms with E-state index >= 15 is 0 Å². The zero-order valence-corrected chi connectivity index (χ0v) is 15.6. The van der Waals surface area contributed by atoms with Crippen molar-refractivity contribution >= 4 is 34.8 Å². The molecule has 2 nitrogen and oxygen atoms in total. The van der Waals surface area contributed by atoms with Crippen LogP contribution in [-0.2, 0) is 0 Å². The van der Waals surface area contributed by atoms with Crippen molar-refractivity contribution in [3.63, 3.8) is 0 Å². The molecule has 2 atom stereocenters. The number of alkyl halides is 2. The first kappa shape index (κ1) is 19.3. The van der Waals surface area contributed by atoms with Gasteiger partial charge in [-0.3, -0.25) is 9.59 Å². The van der Waals surface area contributed by atoms with Crippen LogP contribution in [0.2, 0.25) is 0 Å². The molecule has 0 aliphatic carbocycles. The third-order valence-electron chi connectivity index (χ3n) is 4.17. The minimum Gasteiger partial charge on any atom is -0.292 e. The number of hydrogen-bond donors (Lipinski definition) is 0. The molecule has 0 radical (unpaired) electrons. The van der Waals surface area contributed by atoms with Crippen LogP contribution in [0.5, 0.6) is 0 Å². The number of halogens is 3. The molecule has 0 aromatic heterocycles. The Kier molecular flexibility index (Phi) is 6.04. The van der Waals surface area contributed by atoms with Crippen LogP contribution in [0.25, 0.3) is 0 Å². The van der Waals surface area contributed by atoms with Gasteiger partial charge in [-0.25, -0.2) is 4.39 Å². The predicted molar refractivity (Wildman–Crippen MR) is 105 cm³/mol. The number of benzene rings is 3. The Morgan fingerprint density at radius 3 is 1.52 bits per heavy atom. The third kappa shape index (κ3) is 4.44. The number of carbonyl (C=O) groups excluding carboxylic acids is 2. The molecule has 3 aromatic rings. The van der Waals surface area contributed by atoms with E-state index in [1.165, 1.54) is 24.3 Å². The van der Waals surface area contributed by atoms with Crippen LogP contribution in [0, 0.1) is 5.82 Å². The second-order valence-electron chi connectivity index (χ2n) is 5.99. The van der Waals surface area contributed by atoms with E-state index in [0.717, 1.165) is 5.56 Å². The van der Waals surface area contributed by atoms with Gasteiger partial charge < -0.3 is 0 Å². The summed E-state index contributed by atoms with van der Waals surface area (Å²) in [6.45, 7) is 0. The van der Waals surface area contributed by atoms with Crippen LogP contribution in [0.15, 0.2) is 78.9 Å². The highest BCUT2D eigenvalue weighted by molar-refractivity contribution is 6.34. The minimum atomic E-state index is -0.930. The van der Waals surface area contributed by atoms with Gasteiger partial charge in [0.25, 0.3) is 0 Å². The Balaban J connectivity index is 1.75. The topological polar surface area (TPSA) is 34.1 Å². The van der Waals surface area contributed by atoms with Crippen LogP contribution in [0.1, 0.15) is 42.6 Å². The zero-order chi connectivity index (χ0) is 19.4. The van der Waals surface area contributed by atoms with E-state index in [1.54, 1.807) is 36.4 Å². The lowest BCUT2D eigenvalue weighted by Crippen LogP contribution is -2.10. The van der Waals surface area contributed by atoms with Crippen molar-refractivity contribution < 1.29 is 14.0 Å². The molecule has 136 valence electrons. The van der Waals surface area contributed by atoms with Crippen molar-refractivity contribution in [3.05, 3.63) is 107 Å². The van der Waals surface area contributed by atoms with Crippen molar-refractivity contribution in [1.29, 1.82) is 0 Å². The summed E-state index contributed by atoms with van der Waals surface area (Å²) in [5, 5.41) is -1.72. The first-order valence-electron chi connectivity index (χ1n) is 8.24. The minimum absolute atomic E-state index is 0.231. The summed E-state index contributed by atoms with van der Waals surface area (Å²) in [6, 6.07) is 20.7. The SMILES string of the molecule is O=C(c1ccc(C(Cl)C(=O)c2ccc(F)cc2)cc1)C(Cl)c1ccccc1. The van der Waals surface area contributed by atoms with Gasteiger partial charge in [0, 0.05) is 11.1 Å². The fourth-order valence-electron chi connectivity index (χ4n) is 2.65. The van der Waals surface area contributed by atoms with Gasteiger partial charge in [0.2, 0.25) is 0 Å². The number of rotatable bonds is 6. The molecule has 0 aliphatic heterocycles. The average Bonchev–Trinajstić information content (AvgIpc) is 2.73. The van der Waals surface area contributed by atoms with E-state index in [4.69, 9.17) is 23.2 Å². The Morgan fingerprint density at radius 1 is 0.630 bits per heavy atom. The van der Waals surface area contributed by atoms with E-state index in [9.17, 15) is 14.0 Å². The molecule has 0 heterocycles. The van der Waals surface area contributed by atoms with Gasteiger partial charge >= 0.3 is 0 Å². The summed E-state index contributed by atoms with van der Waals surface area (Å²) in [4.78, 5) is 25.0. The Morgan fingerprint density at radius 2 is 1.04 bits per heavy atom. The molecular weight excluding hydrogens is 386 g/mol. The molecule has 2 unspecified atom stereocenters.